The molecule has 2 N–H and O–H groups in total. The Morgan fingerprint density at radius 1 is 1.13 bits per heavy atom. The molecular weight excluding hydrogens is 294 g/mol. The third kappa shape index (κ3) is 3.76. The molecule has 0 radical (unpaired) electrons. The third-order valence-electron chi connectivity index (χ3n) is 3.56. The zero-order valence-corrected chi connectivity index (χ0v) is 12.2. The predicted octanol–water partition coefficient (Wildman–Crippen LogP) is 2.78. The van der Waals surface area contributed by atoms with E-state index >= 15 is 0 Å². The van der Waals surface area contributed by atoms with Crippen LogP contribution in [0.1, 0.15) is 24.5 Å². The van der Waals surface area contributed by atoms with Gasteiger partial charge in [-0.25, -0.2) is 0 Å². The van der Waals surface area contributed by atoms with Crippen LogP contribution in [0.15, 0.2) is 42.5 Å². The first-order valence-corrected chi connectivity index (χ1v) is 6.77. The maximum absolute atomic E-state index is 10.5. The van der Waals surface area contributed by atoms with Gasteiger partial charge in [0.15, 0.2) is 0 Å². The number of ether oxygens (including phenoxy) is 1. The third-order valence-corrected chi connectivity index (χ3v) is 3.56. The normalized spacial score (nSPS) is 13.4. The predicted molar refractivity (Wildman–Crippen MR) is 90.3 cm³/mol. The lowest BCUT2D eigenvalue weighted by atomic mass is 9.98. The molecule has 3 rings (SSSR count). The molecule has 1 aliphatic rings. The van der Waals surface area contributed by atoms with Crippen molar-refractivity contribution in [2.75, 3.05) is 19.0 Å². The topological polar surface area (TPSA) is 75.6 Å². The first-order chi connectivity index (χ1) is 10.8. The summed E-state index contributed by atoms with van der Waals surface area (Å²) in [5.74, 6) is 0.00426. The van der Waals surface area contributed by atoms with Gasteiger partial charge in [0.2, 0.25) is 6.41 Å². The number of aliphatic hydroxyl groups excluding tert-OH is 1. The van der Waals surface area contributed by atoms with Crippen molar-refractivity contribution in [1.29, 1.82) is 0 Å². The number of aliphatic hydroxyl groups is 1. The highest BCUT2D eigenvalue weighted by atomic mass is 16.5. The number of methoxy groups -OCH3 is 1. The van der Waals surface area contributed by atoms with E-state index in [2.05, 4.69) is 16.1 Å². The minimum absolute atomic E-state index is 0. The number of benzene rings is 2. The Morgan fingerprint density at radius 3 is 2.39 bits per heavy atom. The van der Waals surface area contributed by atoms with E-state index in [1.54, 1.807) is 0 Å². The SMILES string of the molecule is C.COC=O.O=CNc1ccc2c(c1)C(CO)c1ccccc1-2. The Morgan fingerprint density at radius 2 is 1.78 bits per heavy atom. The molecule has 1 atom stereocenters. The molecule has 0 aliphatic heterocycles. The number of fused-ring (bicyclic) bond motifs is 3. The number of hydrogen-bond acceptors (Lipinski definition) is 4. The Bertz CT molecular complexity index is 670. The molecule has 2 aromatic carbocycles. The molecule has 0 fully saturated rings. The summed E-state index contributed by atoms with van der Waals surface area (Å²) in [7, 11) is 1.31. The molecule has 0 bridgehead atoms. The molecule has 1 unspecified atom stereocenters. The van der Waals surface area contributed by atoms with Crippen LogP contribution in [-0.4, -0.2) is 31.7 Å². The summed E-state index contributed by atoms with van der Waals surface area (Å²) in [4.78, 5) is 19.4. The van der Waals surface area contributed by atoms with Gasteiger partial charge in [-0.1, -0.05) is 37.8 Å². The van der Waals surface area contributed by atoms with Crippen molar-refractivity contribution in [3.8, 4) is 11.1 Å². The second-order valence-corrected chi connectivity index (χ2v) is 4.72. The van der Waals surface area contributed by atoms with Gasteiger partial charge in [0.05, 0.1) is 13.7 Å². The van der Waals surface area contributed by atoms with E-state index in [0.29, 0.717) is 12.9 Å². The molecule has 0 aromatic heterocycles. The smallest absolute Gasteiger partial charge is 0.292 e. The summed E-state index contributed by atoms with van der Waals surface area (Å²) in [6.07, 6.45) is 0.664. The van der Waals surface area contributed by atoms with E-state index in [9.17, 15) is 9.90 Å². The summed E-state index contributed by atoms with van der Waals surface area (Å²) in [5, 5.41) is 12.2. The average Bonchev–Trinajstić information content (AvgIpc) is 2.88. The van der Waals surface area contributed by atoms with E-state index in [1.807, 2.05) is 36.4 Å². The van der Waals surface area contributed by atoms with Crippen LogP contribution >= 0.6 is 0 Å². The lowest BCUT2D eigenvalue weighted by molar-refractivity contribution is -0.126. The largest absolute Gasteiger partial charge is 0.471 e. The molecule has 0 saturated carbocycles. The van der Waals surface area contributed by atoms with Crippen LogP contribution in [0, 0.1) is 0 Å². The molecule has 2 aromatic rings. The quantitative estimate of drug-likeness (QED) is 0.851. The number of amides is 1. The summed E-state index contributed by atoms with van der Waals surface area (Å²) in [6, 6.07) is 13.9. The van der Waals surface area contributed by atoms with Gasteiger partial charge in [-0.2, -0.15) is 0 Å². The number of anilines is 1. The maximum Gasteiger partial charge on any atom is 0.292 e. The van der Waals surface area contributed by atoms with E-state index in [-0.39, 0.29) is 20.0 Å². The second kappa shape index (κ2) is 8.70. The minimum atomic E-state index is 0. The lowest BCUT2D eigenvalue weighted by Gasteiger charge is -2.10. The van der Waals surface area contributed by atoms with Gasteiger partial charge < -0.3 is 15.2 Å². The van der Waals surface area contributed by atoms with Crippen molar-refractivity contribution in [2.45, 2.75) is 13.3 Å². The van der Waals surface area contributed by atoms with Crippen LogP contribution < -0.4 is 5.32 Å². The second-order valence-electron chi connectivity index (χ2n) is 4.72. The van der Waals surface area contributed by atoms with Crippen molar-refractivity contribution in [2.24, 2.45) is 0 Å². The summed E-state index contributed by atoms with van der Waals surface area (Å²) >= 11 is 0. The molecule has 1 aliphatic carbocycles. The van der Waals surface area contributed by atoms with Gasteiger partial charge in [0.1, 0.15) is 0 Å². The molecular formula is C18H21NO4. The number of carbonyl (C=O) groups is 2. The van der Waals surface area contributed by atoms with Gasteiger partial charge >= 0.3 is 0 Å². The Hall–Kier alpha value is -2.66. The molecule has 1 amide bonds. The molecule has 0 heterocycles. The zero-order chi connectivity index (χ0) is 15.9. The standard InChI is InChI=1S/C15H13NO2.C2H4O2.CH4/c17-8-15-12-4-2-1-3-11(12)13-6-5-10(16-9-18)7-14(13)15;1-4-2-3;/h1-7,9,15,17H,8H2,(H,16,18);2H,1H3;1H4. The molecule has 23 heavy (non-hydrogen) atoms. The summed E-state index contributed by atoms with van der Waals surface area (Å²) in [6.45, 7) is 0.453. The van der Waals surface area contributed by atoms with Gasteiger partial charge in [-0.15, -0.1) is 0 Å². The monoisotopic (exact) mass is 315 g/mol. The van der Waals surface area contributed by atoms with Crippen molar-refractivity contribution in [1.82, 2.24) is 0 Å². The molecule has 5 heteroatoms. The zero-order valence-electron chi connectivity index (χ0n) is 12.2. The number of carbonyl (C=O) groups excluding carboxylic acids is 2. The van der Waals surface area contributed by atoms with E-state index in [4.69, 9.17) is 4.79 Å². The maximum atomic E-state index is 10.5. The molecule has 0 saturated heterocycles. The van der Waals surface area contributed by atoms with Crippen molar-refractivity contribution >= 4 is 18.6 Å². The molecule has 0 spiro atoms. The summed E-state index contributed by atoms with van der Waals surface area (Å²) in [5.41, 5.74) is 5.30. The summed E-state index contributed by atoms with van der Waals surface area (Å²) < 4.78 is 3.86. The average molecular weight is 315 g/mol. The highest BCUT2D eigenvalue weighted by molar-refractivity contribution is 5.82. The Balaban J connectivity index is 0.000000478. The fourth-order valence-corrected chi connectivity index (χ4v) is 2.66. The van der Waals surface area contributed by atoms with E-state index in [1.165, 1.54) is 12.7 Å². The fraction of sp³-hybridized carbons (Fsp3) is 0.222. The van der Waals surface area contributed by atoms with Crippen molar-refractivity contribution in [3.63, 3.8) is 0 Å². The van der Waals surface area contributed by atoms with Crippen LogP contribution in [-0.2, 0) is 14.3 Å². The van der Waals surface area contributed by atoms with Gasteiger partial charge in [0, 0.05) is 11.6 Å². The first kappa shape index (κ1) is 18.4. The van der Waals surface area contributed by atoms with Crippen LogP contribution in [0.5, 0.6) is 0 Å². The van der Waals surface area contributed by atoms with E-state index in [0.717, 1.165) is 22.4 Å². The Labute approximate surface area is 135 Å². The Kier molecular flexibility index (Phi) is 6.96. The molecule has 5 nitrogen and oxygen atoms in total. The van der Waals surface area contributed by atoms with Crippen molar-refractivity contribution in [3.05, 3.63) is 53.6 Å². The van der Waals surface area contributed by atoms with Crippen LogP contribution in [0.2, 0.25) is 0 Å². The number of rotatable bonds is 4. The lowest BCUT2D eigenvalue weighted by Crippen LogP contribution is -2.02. The minimum Gasteiger partial charge on any atom is -0.471 e. The number of hydrogen-bond donors (Lipinski definition) is 2. The first-order valence-electron chi connectivity index (χ1n) is 6.77. The van der Waals surface area contributed by atoms with Gasteiger partial charge in [-0.3, -0.25) is 9.59 Å². The van der Waals surface area contributed by atoms with Crippen LogP contribution in [0.4, 0.5) is 5.69 Å². The van der Waals surface area contributed by atoms with Gasteiger partial charge in [0.25, 0.3) is 6.47 Å². The van der Waals surface area contributed by atoms with E-state index < -0.39 is 0 Å². The highest BCUT2D eigenvalue weighted by Crippen LogP contribution is 2.45. The van der Waals surface area contributed by atoms with Gasteiger partial charge in [-0.05, 0) is 34.4 Å². The van der Waals surface area contributed by atoms with Crippen molar-refractivity contribution < 1.29 is 19.4 Å². The molecule has 122 valence electrons. The fourth-order valence-electron chi connectivity index (χ4n) is 2.66. The van der Waals surface area contributed by atoms with Crippen LogP contribution in [0.3, 0.4) is 0 Å². The number of nitrogens with one attached hydrogen (secondary N) is 1. The van der Waals surface area contributed by atoms with Crippen LogP contribution in [0.25, 0.3) is 11.1 Å². The highest BCUT2D eigenvalue weighted by Gasteiger charge is 2.27.